The van der Waals surface area contributed by atoms with Crippen LogP contribution in [0.2, 0.25) is 0 Å². The van der Waals surface area contributed by atoms with Crippen molar-refractivity contribution >= 4 is 11.7 Å². The number of rotatable bonds is 7. The van der Waals surface area contributed by atoms with Crippen LogP contribution in [0.25, 0.3) is 11.3 Å². The number of nitriles is 1. The van der Waals surface area contributed by atoms with E-state index in [1.54, 1.807) is 12.1 Å². The number of carbonyl (C=O) groups is 2. The van der Waals surface area contributed by atoms with Gasteiger partial charge >= 0.3 is 0 Å². The molecule has 1 aromatic carbocycles. The monoisotopic (exact) mass is 432 g/mol. The Morgan fingerprint density at radius 1 is 1.12 bits per heavy atom. The van der Waals surface area contributed by atoms with E-state index >= 15 is 0 Å². The molecule has 6 heteroatoms. The highest BCUT2D eigenvalue weighted by molar-refractivity contribution is 5.98. The molecule has 0 radical (unpaired) electrons. The van der Waals surface area contributed by atoms with Gasteiger partial charge in [-0.1, -0.05) is 26.0 Å². The molecule has 1 saturated carbocycles. The van der Waals surface area contributed by atoms with Crippen molar-refractivity contribution in [3.63, 3.8) is 0 Å². The topological polar surface area (TPSA) is 79.0 Å². The average molecular weight is 433 g/mol. The van der Waals surface area contributed by atoms with Gasteiger partial charge in [-0.3, -0.25) is 14.3 Å². The first-order valence-corrected chi connectivity index (χ1v) is 11.7. The van der Waals surface area contributed by atoms with Gasteiger partial charge in [-0.15, -0.1) is 0 Å². The molecule has 4 rings (SSSR count). The fraction of sp³-hybridized carbons (Fsp3) is 0.538. The maximum Gasteiger partial charge on any atom is 0.225 e. The van der Waals surface area contributed by atoms with Crippen LogP contribution >= 0.6 is 0 Å². The molecule has 2 aromatic rings. The summed E-state index contributed by atoms with van der Waals surface area (Å²) in [6.45, 7) is 9.37. The van der Waals surface area contributed by atoms with Crippen molar-refractivity contribution in [2.45, 2.75) is 65.3 Å². The Morgan fingerprint density at radius 2 is 1.81 bits per heavy atom. The number of amides is 1. The van der Waals surface area contributed by atoms with Crippen LogP contribution in [0.4, 0.5) is 0 Å². The quantitative estimate of drug-likeness (QED) is 0.580. The second kappa shape index (κ2) is 8.90. The largest absolute Gasteiger partial charge is 0.342 e. The first-order valence-electron chi connectivity index (χ1n) is 11.7. The number of hydrogen-bond acceptors (Lipinski definition) is 4. The van der Waals surface area contributed by atoms with Crippen LogP contribution < -0.4 is 0 Å². The van der Waals surface area contributed by atoms with E-state index in [0.29, 0.717) is 24.4 Å². The number of hydrogen-bond donors (Lipinski definition) is 0. The summed E-state index contributed by atoms with van der Waals surface area (Å²) in [5, 5.41) is 14.0. The Hall–Kier alpha value is -2.94. The predicted molar refractivity (Wildman–Crippen MR) is 123 cm³/mol. The van der Waals surface area contributed by atoms with Gasteiger partial charge in [0.05, 0.1) is 17.3 Å². The van der Waals surface area contributed by atoms with Gasteiger partial charge in [-0.05, 0) is 57.1 Å². The van der Waals surface area contributed by atoms with Crippen LogP contribution in [0.5, 0.6) is 0 Å². The molecule has 6 nitrogen and oxygen atoms in total. The van der Waals surface area contributed by atoms with Gasteiger partial charge in [-0.2, -0.15) is 10.4 Å². The summed E-state index contributed by atoms with van der Waals surface area (Å²) >= 11 is 0. The zero-order chi connectivity index (χ0) is 23.0. The highest BCUT2D eigenvalue weighted by Gasteiger charge is 2.37. The number of carbonyl (C=O) groups excluding carboxylic acids is 2. The van der Waals surface area contributed by atoms with Gasteiger partial charge in [0, 0.05) is 42.6 Å². The third-order valence-corrected chi connectivity index (χ3v) is 6.54. The molecule has 2 heterocycles. The zero-order valence-electron chi connectivity index (χ0n) is 19.5. The molecule has 0 N–H and O–H groups in total. The first-order chi connectivity index (χ1) is 15.3. The minimum absolute atomic E-state index is 0.0109. The van der Waals surface area contributed by atoms with E-state index in [9.17, 15) is 9.59 Å². The Bertz CT molecular complexity index is 1050. The van der Waals surface area contributed by atoms with Crippen molar-refractivity contribution in [2.24, 2.45) is 11.8 Å². The standard InChI is InChI=1S/C26H32N4O2/c1-16(2)26(32)29-12-11-19(15-29)13-22(31)25-23(20-9-10-20)24(28-30(25)17(3)4)21-7-5-18(14-27)6-8-21/h5-8,16-17,19-20H,9-13,15H2,1-4H3/t19-/m1/s1. The van der Waals surface area contributed by atoms with Crippen molar-refractivity contribution in [1.82, 2.24) is 14.7 Å². The van der Waals surface area contributed by atoms with Crippen LogP contribution in [-0.4, -0.2) is 39.5 Å². The number of likely N-dealkylation sites (tertiary alicyclic amines) is 1. The second-order valence-electron chi connectivity index (χ2n) is 9.83. The Balaban J connectivity index is 1.64. The molecule has 0 unspecified atom stereocenters. The molecule has 0 bridgehead atoms. The summed E-state index contributed by atoms with van der Waals surface area (Å²) < 4.78 is 1.90. The summed E-state index contributed by atoms with van der Waals surface area (Å²) in [5.74, 6) is 0.870. The molecular weight excluding hydrogens is 400 g/mol. The van der Waals surface area contributed by atoms with E-state index < -0.39 is 0 Å². The summed E-state index contributed by atoms with van der Waals surface area (Å²) in [6, 6.07) is 9.70. The number of benzene rings is 1. The SMILES string of the molecule is CC(C)C(=O)N1CC[C@H](CC(=O)c2c(C3CC3)c(-c3ccc(C#N)cc3)nn2C(C)C)C1. The molecule has 32 heavy (non-hydrogen) atoms. The first kappa shape index (κ1) is 22.3. The summed E-state index contributed by atoms with van der Waals surface area (Å²) in [6.07, 6.45) is 3.48. The van der Waals surface area contributed by atoms with Gasteiger partial charge in [-0.25, -0.2) is 0 Å². The van der Waals surface area contributed by atoms with Crippen LogP contribution in [-0.2, 0) is 4.79 Å². The van der Waals surface area contributed by atoms with Crippen LogP contribution in [0.1, 0.15) is 87.0 Å². The number of Topliss-reactive ketones (excluding diaryl/α,β-unsaturated/α-hetero) is 1. The van der Waals surface area contributed by atoms with E-state index in [2.05, 4.69) is 19.9 Å². The molecule has 1 saturated heterocycles. The molecule has 1 aromatic heterocycles. The molecule has 0 spiro atoms. The fourth-order valence-electron chi connectivity index (χ4n) is 4.70. The van der Waals surface area contributed by atoms with Gasteiger partial charge in [0.15, 0.2) is 5.78 Å². The van der Waals surface area contributed by atoms with Gasteiger partial charge in [0.25, 0.3) is 0 Å². The van der Waals surface area contributed by atoms with E-state index in [1.807, 2.05) is 35.6 Å². The predicted octanol–water partition coefficient (Wildman–Crippen LogP) is 4.96. The summed E-state index contributed by atoms with van der Waals surface area (Å²) in [7, 11) is 0. The Kier molecular flexibility index (Phi) is 6.19. The van der Waals surface area contributed by atoms with Crippen LogP contribution in [0.3, 0.4) is 0 Å². The molecule has 1 atom stereocenters. The average Bonchev–Trinajstić information content (AvgIpc) is 3.37. The van der Waals surface area contributed by atoms with Crippen molar-refractivity contribution in [3.8, 4) is 17.3 Å². The van der Waals surface area contributed by atoms with E-state index in [1.165, 1.54) is 0 Å². The third-order valence-electron chi connectivity index (χ3n) is 6.54. The minimum Gasteiger partial charge on any atom is -0.342 e. The summed E-state index contributed by atoms with van der Waals surface area (Å²) in [5.41, 5.74) is 4.26. The Morgan fingerprint density at radius 3 is 2.38 bits per heavy atom. The number of nitrogens with zero attached hydrogens (tertiary/aromatic N) is 4. The molecule has 1 aliphatic carbocycles. The lowest BCUT2D eigenvalue weighted by molar-refractivity contribution is -0.133. The lowest BCUT2D eigenvalue weighted by Gasteiger charge is -2.19. The van der Waals surface area contributed by atoms with Crippen molar-refractivity contribution < 1.29 is 9.59 Å². The van der Waals surface area contributed by atoms with Gasteiger partial charge < -0.3 is 4.90 Å². The van der Waals surface area contributed by atoms with Gasteiger partial charge in [0.2, 0.25) is 5.91 Å². The van der Waals surface area contributed by atoms with Crippen molar-refractivity contribution in [3.05, 3.63) is 41.1 Å². The minimum atomic E-state index is -0.0109. The van der Waals surface area contributed by atoms with Gasteiger partial charge in [0.1, 0.15) is 5.69 Å². The molecule has 1 amide bonds. The van der Waals surface area contributed by atoms with Crippen LogP contribution in [0.15, 0.2) is 24.3 Å². The number of aromatic nitrogens is 2. The normalized spacial score (nSPS) is 18.4. The second-order valence-corrected chi connectivity index (χ2v) is 9.83. The maximum atomic E-state index is 13.6. The van der Waals surface area contributed by atoms with E-state index in [4.69, 9.17) is 10.4 Å². The van der Waals surface area contributed by atoms with Crippen molar-refractivity contribution in [2.75, 3.05) is 13.1 Å². The third kappa shape index (κ3) is 4.34. The van der Waals surface area contributed by atoms with E-state index in [-0.39, 0.29) is 29.6 Å². The zero-order valence-corrected chi connectivity index (χ0v) is 19.5. The molecule has 2 aliphatic rings. The number of ketones is 1. The van der Waals surface area contributed by atoms with Crippen molar-refractivity contribution in [1.29, 1.82) is 5.26 Å². The molecular formula is C26H32N4O2. The highest BCUT2D eigenvalue weighted by Crippen LogP contribution is 2.47. The molecule has 1 aliphatic heterocycles. The fourth-order valence-corrected chi connectivity index (χ4v) is 4.70. The smallest absolute Gasteiger partial charge is 0.225 e. The van der Waals surface area contributed by atoms with E-state index in [0.717, 1.165) is 48.3 Å². The Labute approximate surface area is 190 Å². The molecule has 2 fully saturated rings. The lowest BCUT2D eigenvalue weighted by atomic mass is 9.94. The van der Waals surface area contributed by atoms with Crippen LogP contribution in [0, 0.1) is 23.2 Å². The summed E-state index contributed by atoms with van der Waals surface area (Å²) in [4.78, 5) is 27.9. The highest BCUT2D eigenvalue weighted by atomic mass is 16.2. The maximum absolute atomic E-state index is 13.6. The molecule has 168 valence electrons. The lowest BCUT2D eigenvalue weighted by Crippen LogP contribution is -2.32.